The van der Waals surface area contributed by atoms with Crippen LogP contribution in [0.2, 0.25) is 0 Å². The standard InChI is InChI=1S/C20H23NO/c1-3-5-15-20(16-11-7-6-8-12-16)21-18-14-10-9-13-17(18)19(4-2)22-20/h4,6-14,19,21H,2-3,5,15H2,1H3/t19-,20-/m1/s1. The average Bonchev–Trinajstić information content (AvgIpc) is 2.60. The van der Waals surface area contributed by atoms with Crippen molar-refractivity contribution < 1.29 is 4.74 Å². The summed E-state index contributed by atoms with van der Waals surface area (Å²) >= 11 is 0. The highest BCUT2D eigenvalue weighted by atomic mass is 16.5. The predicted molar refractivity (Wildman–Crippen MR) is 91.7 cm³/mol. The number of hydrogen-bond donors (Lipinski definition) is 1. The van der Waals surface area contributed by atoms with Gasteiger partial charge in [0.2, 0.25) is 0 Å². The van der Waals surface area contributed by atoms with E-state index in [2.05, 4.69) is 61.3 Å². The molecule has 0 radical (unpaired) electrons. The normalized spacial score (nSPS) is 23.4. The van der Waals surface area contributed by atoms with Crippen molar-refractivity contribution >= 4 is 5.69 Å². The molecular weight excluding hydrogens is 270 g/mol. The zero-order valence-corrected chi connectivity index (χ0v) is 13.1. The van der Waals surface area contributed by atoms with E-state index >= 15 is 0 Å². The van der Waals surface area contributed by atoms with E-state index in [0.29, 0.717) is 0 Å². The Hall–Kier alpha value is -2.06. The minimum Gasteiger partial charge on any atom is -0.353 e. The van der Waals surface area contributed by atoms with Gasteiger partial charge in [-0.05, 0) is 18.9 Å². The van der Waals surface area contributed by atoms with E-state index in [4.69, 9.17) is 4.74 Å². The second kappa shape index (κ2) is 6.37. The third-order valence-electron chi connectivity index (χ3n) is 4.27. The fourth-order valence-corrected chi connectivity index (χ4v) is 3.10. The molecule has 0 amide bonds. The number of rotatable bonds is 5. The summed E-state index contributed by atoms with van der Waals surface area (Å²) in [6.07, 6.45) is 4.98. The number of benzene rings is 2. The fourth-order valence-electron chi connectivity index (χ4n) is 3.10. The topological polar surface area (TPSA) is 21.3 Å². The average molecular weight is 293 g/mol. The molecule has 1 heterocycles. The van der Waals surface area contributed by atoms with Crippen LogP contribution in [0.15, 0.2) is 67.3 Å². The number of ether oxygens (including phenoxy) is 1. The van der Waals surface area contributed by atoms with Gasteiger partial charge in [0.1, 0.15) is 6.10 Å². The molecule has 0 fully saturated rings. The lowest BCUT2D eigenvalue weighted by Crippen LogP contribution is -2.42. The van der Waals surface area contributed by atoms with Gasteiger partial charge in [0.15, 0.2) is 5.72 Å². The lowest BCUT2D eigenvalue weighted by molar-refractivity contribution is -0.0773. The van der Waals surface area contributed by atoms with E-state index in [0.717, 1.165) is 30.5 Å². The lowest BCUT2D eigenvalue weighted by atomic mass is 9.92. The molecule has 0 saturated carbocycles. The molecular formula is C20H23NO. The van der Waals surface area contributed by atoms with Gasteiger partial charge in [-0.2, -0.15) is 0 Å². The van der Waals surface area contributed by atoms with Crippen LogP contribution in [-0.2, 0) is 10.5 Å². The second-order valence-electron chi connectivity index (χ2n) is 5.78. The zero-order valence-electron chi connectivity index (χ0n) is 13.1. The maximum Gasteiger partial charge on any atom is 0.166 e. The van der Waals surface area contributed by atoms with E-state index < -0.39 is 5.72 Å². The molecule has 3 rings (SSSR count). The molecule has 1 N–H and O–H groups in total. The van der Waals surface area contributed by atoms with Gasteiger partial charge in [0.25, 0.3) is 0 Å². The first-order chi connectivity index (χ1) is 10.8. The molecule has 1 aliphatic heterocycles. The van der Waals surface area contributed by atoms with Gasteiger partial charge in [0, 0.05) is 16.8 Å². The minimum absolute atomic E-state index is 0.0884. The zero-order chi connectivity index (χ0) is 15.4. The molecule has 0 bridgehead atoms. The summed E-state index contributed by atoms with van der Waals surface area (Å²) in [5.74, 6) is 0. The predicted octanol–water partition coefficient (Wildman–Crippen LogP) is 5.40. The molecule has 0 unspecified atom stereocenters. The largest absolute Gasteiger partial charge is 0.353 e. The van der Waals surface area contributed by atoms with Gasteiger partial charge in [-0.15, -0.1) is 6.58 Å². The summed E-state index contributed by atoms with van der Waals surface area (Å²) in [4.78, 5) is 0. The fraction of sp³-hybridized carbons (Fsp3) is 0.300. The van der Waals surface area contributed by atoms with Crippen molar-refractivity contribution in [3.05, 3.63) is 78.4 Å². The Kier molecular flexibility index (Phi) is 4.30. The van der Waals surface area contributed by atoms with E-state index in [1.807, 2.05) is 18.2 Å². The van der Waals surface area contributed by atoms with Crippen LogP contribution in [0.4, 0.5) is 5.69 Å². The Bertz CT molecular complexity index is 637. The van der Waals surface area contributed by atoms with Crippen LogP contribution in [0.1, 0.15) is 43.4 Å². The molecule has 0 spiro atoms. The van der Waals surface area contributed by atoms with Crippen LogP contribution in [0, 0.1) is 0 Å². The van der Waals surface area contributed by atoms with E-state index in [9.17, 15) is 0 Å². The van der Waals surface area contributed by atoms with Crippen LogP contribution >= 0.6 is 0 Å². The molecule has 22 heavy (non-hydrogen) atoms. The number of fused-ring (bicyclic) bond motifs is 1. The number of nitrogens with one attached hydrogen (secondary N) is 1. The second-order valence-corrected chi connectivity index (χ2v) is 5.78. The Morgan fingerprint density at radius 1 is 1.14 bits per heavy atom. The van der Waals surface area contributed by atoms with Crippen molar-refractivity contribution in [1.82, 2.24) is 0 Å². The van der Waals surface area contributed by atoms with Gasteiger partial charge in [-0.1, -0.05) is 68.0 Å². The number of para-hydroxylation sites is 1. The molecule has 114 valence electrons. The van der Waals surface area contributed by atoms with Crippen molar-refractivity contribution in [1.29, 1.82) is 0 Å². The Labute approximate surface area is 132 Å². The smallest absolute Gasteiger partial charge is 0.166 e. The van der Waals surface area contributed by atoms with Crippen LogP contribution in [-0.4, -0.2) is 0 Å². The Balaban J connectivity index is 2.06. The minimum atomic E-state index is -0.482. The molecule has 0 saturated heterocycles. The highest BCUT2D eigenvalue weighted by Crippen LogP contribution is 2.44. The SMILES string of the molecule is C=C[C@H]1O[C@](CCCC)(c2ccccc2)Nc2ccccc21. The number of hydrogen-bond acceptors (Lipinski definition) is 2. The van der Waals surface area contributed by atoms with Crippen molar-refractivity contribution in [2.75, 3.05) is 5.32 Å². The van der Waals surface area contributed by atoms with Gasteiger partial charge in [-0.3, -0.25) is 0 Å². The summed E-state index contributed by atoms with van der Waals surface area (Å²) in [7, 11) is 0. The Morgan fingerprint density at radius 2 is 1.86 bits per heavy atom. The van der Waals surface area contributed by atoms with Crippen LogP contribution in [0.25, 0.3) is 0 Å². The Morgan fingerprint density at radius 3 is 2.59 bits per heavy atom. The molecule has 0 aliphatic carbocycles. The highest BCUT2D eigenvalue weighted by Gasteiger charge is 2.39. The summed E-state index contributed by atoms with van der Waals surface area (Å²) in [5, 5.41) is 3.66. The van der Waals surface area contributed by atoms with Crippen molar-refractivity contribution in [2.24, 2.45) is 0 Å². The van der Waals surface area contributed by atoms with Crippen LogP contribution < -0.4 is 5.32 Å². The first kappa shape index (κ1) is 14.9. The van der Waals surface area contributed by atoms with Gasteiger partial charge in [0.05, 0.1) is 0 Å². The maximum absolute atomic E-state index is 6.51. The summed E-state index contributed by atoms with van der Waals surface area (Å²) in [5.41, 5.74) is 2.98. The molecule has 0 aromatic heterocycles. The monoisotopic (exact) mass is 293 g/mol. The lowest BCUT2D eigenvalue weighted by Gasteiger charge is -2.43. The number of unbranched alkanes of at least 4 members (excludes halogenated alkanes) is 1. The maximum atomic E-state index is 6.51. The van der Waals surface area contributed by atoms with Crippen LogP contribution in [0.5, 0.6) is 0 Å². The quantitative estimate of drug-likeness (QED) is 0.745. The molecule has 1 aliphatic rings. The number of anilines is 1. The van der Waals surface area contributed by atoms with E-state index in [1.54, 1.807) is 0 Å². The summed E-state index contributed by atoms with van der Waals surface area (Å²) < 4.78 is 6.51. The molecule has 2 nitrogen and oxygen atoms in total. The van der Waals surface area contributed by atoms with Gasteiger partial charge >= 0.3 is 0 Å². The first-order valence-electron chi connectivity index (χ1n) is 8.02. The molecule has 2 aromatic carbocycles. The third-order valence-corrected chi connectivity index (χ3v) is 4.27. The van der Waals surface area contributed by atoms with Crippen molar-refractivity contribution in [2.45, 2.75) is 38.0 Å². The summed E-state index contributed by atoms with van der Waals surface area (Å²) in [6.45, 7) is 6.18. The van der Waals surface area contributed by atoms with Crippen molar-refractivity contribution in [3.63, 3.8) is 0 Å². The third kappa shape index (κ3) is 2.67. The van der Waals surface area contributed by atoms with Crippen molar-refractivity contribution in [3.8, 4) is 0 Å². The van der Waals surface area contributed by atoms with Gasteiger partial charge < -0.3 is 10.1 Å². The molecule has 2 heteroatoms. The highest BCUT2D eigenvalue weighted by molar-refractivity contribution is 5.57. The summed E-state index contributed by atoms with van der Waals surface area (Å²) in [6, 6.07) is 18.8. The van der Waals surface area contributed by atoms with Crippen LogP contribution in [0.3, 0.4) is 0 Å². The van der Waals surface area contributed by atoms with Gasteiger partial charge in [-0.25, -0.2) is 0 Å². The molecule has 2 aromatic rings. The molecule has 2 atom stereocenters. The van der Waals surface area contributed by atoms with E-state index in [1.165, 1.54) is 5.56 Å². The van der Waals surface area contributed by atoms with E-state index in [-0.39, 0.29) is 6.10 Å². The first-order valence-corrected chi connectivity index (χ1v) is 8.02.